The van der Waals surface area contributed by atoms with Crippen molar-refractivity contribution in [2.45, 2.75) is 13.3 Å². The highest BCUT2D eigenvalue weighted by molar-refractivity contribution is 7.17. The van der Waals surface area contributed by atoms with Crippen LogP contribution in [0.15, 0.2) is 42.3 Å². The van der Waals surface area contributed by atoms with Gasteiger partial charge in [0, 0.05) is 29.7 Å². The van der Waals surface area contributed by atoms with E-state index in [0.717, 1.165) is 33.0 Å². The molecule has 0 aliphatic carbocycles. The first-order valence-electron chi connectivity index (χ1n) is 8.55. The lowest BCUT2D eigenvalue weighted by Gasteiger charge is -2.05. The third-order valence-corrected chi connectivity index (χ3v) is 5.73. The van der Waals surface area contributed by atoms with E-state index in [1.807, 2.05) is 24.4 Å². The molecule has 0 saturated heterocycles. The molecule has 0 spiro atoms. The highest BCUT2D eigenvalue weighted by Gasteiger charge is 2.08. The highest BCUT2D eigenvalue weighted by atomic mass is 32.1. The first-order chi connectivity index (χ1) is 13.7. The number of pyridine rings is 1. The second kappa shape index (κ2) is 8.28. The number of amides is 2. The van der Waals surface area contributed by atoms with Gasteiger partial charge in [-0.2, -0.15) is 0 Å². The van der Waals surface area contributed by atoms with Crippen molar-refractivity contribution in [3.63, 3.8) is 0 Å². The first-order valence-corrected chi connectivity index (χ1v) is 10.2. The Labute approximate surface area is 169 Å². The maximum atomic E-state index is 12.1. The quantitative estimate of drug-likeness (QED) is 0.440. The van der Waals surface area contributed by atoms with Crippen LogP contribution >= 0.6 is 22.7 Å². The molecule has 0 saturated carbocycles. The molecule has 0 unspecified atom stereocenters. The molecular weight excluding hydrogens is 394 g/mol. The average Bonchev–Trinajstić information content (AvgIpc) is 3.33. The van der Waals surface area contributed by atoms with Gasteiger partial charge in [-0.25, -0.2) is 19.7 Å². The van der Waals surface area contributed by atoms with Gasteiger partial charge in [0.2, 0.25) is 0 Å². The molecule has 4 aromatic rings. The maximum absolute atomic E-state index is 12.1. The van der Waals surface area contributed by atoms with Crippen molar-refractivity contribution in [2.75, 3.05) is 22.5 Å². The van der Waals surface area contributed by atoms with Gasteiger partial charge in [-0.15, -0.1) is 22.7 Å². The number of urea groups is 1. The Morgan fingerprint density at radius 2 is 2.00 bits per heavy atom. The minimum absolute atomic E-state index is 0.342. The van der Waals surface area contributed by atoms with Crippen LogP contribution in [0.3, 0.4) is 0 Å². The van der Waals surface area contributed by atoms with Crippen LogP contribution in [0.2, 0.25) is 0 Å². The molecule has 0 radical (unpaired) electrons. The Morgan fingerprint density at radius 3 is 2.86 bits per heavy atom. The molecule has 4 rings (SSSR count). The molecule has 2 amide bonds. The Hall–Kier alpha value is -3.11. The average molecular weight is 412 g/mol. The van der Waals surface area contributed by atoms with Crippen LogP contribution in [0.1, 0.15) is 10.6 Å². The van der Waals surface area contributed by atoms with E-state index in [-0.39, 0.29) is 6.03 Å². The second-order valence-corrected chi connectivity index (χ2v) is 7.96. The molecule has 8 nitrogen and oxygen atoms in total. The number of aromatic nitrogens is 4. The predicted octanol–water partition coefficient (Wildman–Crippen LogP) is 4.15. The zero-order valence-corrected chi connectivity index (χ0v) is 16.6. The number of nitrogens with one attached hydrogen (secondary N) is 3. The topological polar surface area (TPSA) is 105 Å². The number of hydrogen-bond acceptors (Lipinski definition) is 8. The van der Waals surface area contributed by atoms with Crippen LogP contribution in [0.4, 0.5) is 21.4 Å². The number of nitrogens with zero attached hydrogens (tertiary/aromatic N) is 4. The van der Waals surface area contributed by atoms with Crippen LogP contribution in [0.25, 0.3) is 10.2 Å². The van der Waals surface area contributed by atoms with Gasteiger partial charge in [-0.05, 0) is 30.5 Å². The summed E-state index contributed by atoms with van der Waals surface area (Å²) >= 11 is 3.06. The number of rotatable bonds is 6. The minimum atomic E-state index is -0.342. The Kier molecular flexibility index (Phi) is 5.40. The molecule has 10 heteroatoms. The molecule has 3 N–H and O–H groups in total. The molecule has 0 atom stereocenters. The van der Waals surface area contributed by atoms with Crippen molar-refractivity contribution in [3.8, 4) is 0 Å². The number of thiophene rings is 1. The number of carbonyl (C=O) groups excluding carboxylic acids is 1. The number of carbonyl (C=O) groups is 1. The van der Waals surface area contributed by atoms with Crippen LogP contribution in [-0.4, -0.2) is 32.5 Å². The number of thiazole rings is 1. The Balaban J connectivity index is 1.28. The summed E-state index contributed by atoms with van der Waals surface area (Å²) in [7, 11) is 0. The van der Waals surface area contributed by atoms with Gasteiger partial charge >= 0.3 is 6.03 Å². The van der Waals surface area contributed by atoms with Gasteiger partial charge in [-0.3, -0.25) is 10.3 Å². The van der Waals surface area contributed by atoms with Crippen molar-refractivity contribution in [1.29, 1.82) is 0 Å². The monoisotopic (exact) mass is 411 g/mol. The molecule has 4 heterocycles. The number of hydrogen-bond donors (Lipinski definition) is 3. The predicted molar refractivity (Wildman–Crippen MR) is 113 cm³/mol. The molecular formula is C18H17N7OS2. The summed E-state index contributed by atoms with van der Waals surface area (Å²) in [6.07, 6.45) is 5.73. The standard InChI is InChI=1S/C18H17N7OS2/c1-11-2-3-12(8-20-11)24-17(26)25-18-21-9-13(28-18)4-6-19-16-15-14(5-7-27-15)22-10-23-16/h2-3,5,7-10H,4,6H2,1H3,(H,19,22,23)(H2,21,24,25,26). The summed E-state index contributed by atoms with van der Waals surface area (Å²) in [4.78, 5) is 30.1. The van der Waals surface area contributed by atoms with E-state index in [9.17, 15) is 4.79 Å². The van der Waals surface area contributed by atoms with E-state index >= 15 is 0 Å². The fourth-order valence-corrected chi connectivity index (χ4v) is 4.12. The van der Waals surface area contributed by atoms with Gasteiger partial charge in [0.05, 0.1) is 22.1 Å². The smallest absolute Gasteiger partial charge is 0.325 e. The molecule has 0 aromatic carbocycles. The molecule has 0 aliphatic heterocycles. The van der Waals surface area contributed by atoms with Gasteiger partial charge in [0.15, 0.2) is 5.13 Å². The van der Waals surface area contributed by atoms with Crippen molar-refractivity contribution < 1.29 is 4.79 Å². The summed E-state index contributed by atoms with van der Waals surface area (Å²) in [5.41, 5.74) is 2.47. The van der Waals surface area contributed by atoms with E-state index in [0.29, 0.717) is 17.4 Å². The lowest BCUT2D eigenvalue weighted by molar-refractivity contribution is 0.262. The molecule has 4 aromatic heterocycles. The zero-order chi connectivity index (χ0) is 19.3. The summed E-state index contributed by atoms with van der Waals surface area (Å²) < 4.78 is 1.05. The molecule has 142 valence electrons. The number of aryl methyl sites for hydroxylation is 1. The van der Waals surface area contributed by atoms with E-state index in [1.165, 1.54) is 11.3 Å². The summed E-state index contributed by atoms with van der Waals surface area (Å²) in [6.45, 7) is 2.61. The highest BCUT2D eigenvalue weighted by Crippen LogP contribution is 2.25. The van der Waals surface area contributed by atoms with Crippen LogP contribution in [0.5, 0.6) is 0 Å². The first kappa shape index (κ1) is 18.3. The van der Waals surface area contributed by atoms with Gasteiger partial charge in [-0.1, -0.05) is 0 Å². The summed E-state index contributed by atoms with van der Waals surface area (Å²) in [5, 5.41) is 11.4. The van der Waals surface area contributed by atoms with E-state index in [1.54, 1.807) is 36.1 Å². The van der Waals surface area contributed by atoms with Gasteiger partial charge < -0.3 is 10.6 Å². The Morgan fingerprint density at radius 1 is 1.07 bits per heavy atom. The molecule has 0 fully saturated rings. The second-order valence-electron chi connectivity index (χ2n) is 5.93. The zero-order valence-electron chi connectivity index (χ0n) is 15.0. The normalized spacial score (nSPS) is 10.8. The lowest BCUT2D eigenvalue weighted by Crippen LogP contribution is -2.19. The minimum Gasteiger partial charge on any atom is -0.368 e. The van der Waals surface area contributed by atoms with Crippen LogP contribution in [0, 0.1) is 6.92 Å². The Bertz CT molecular complexity index is 1090. The van der Waals surface area contributed by atoms with Gasteiger partial charge in [0.25, 0.3) is 0 Å². The van der Waals surface area contributed by atoms with E-state index in [4.69, 9.17) is 0 Å². The third kappa shape index (κ3) is 4.41. The van der Waals surface area contributed by atoms with Gasteiger partial charge in [0.1, 0.15) is 12.1 Å². The number of fused-ring (bicyclic) bond motifs is 1. The SMILES string of the molecule is Cc1ccc(NC(=O)Nc2ncc(CCNc3ncnc4ccsc34)s2)cn1. The fraction of sp³-hybridized carbons (Fsp3) is 0.167. The van der Waals surface area contributed by atoms with E-state index < -0.39 is 0 Å². The largest absolute Gasteiger partial charge is 0.368 e. The maximum Gasteiger partial charge on any atom is 0.325 e. The molecule has 0 aliphatic rings. The van der Waals surface area contributed by atoms with Crippen molar-refractivity contribution in [2.24, 2.45) is 0 Å². The number of anilines is 3. The van der Waals surface area contributed by atoms with E-state index in [2.05, 4.69) is 35.9 Å². The molecule has 28 heavy (non-hydrogen) atoms. The van der Waals surface area contributed by atoms with Crippen LogP contribution in [-0.2, 0) is 6.42 Å². The summed E-state index contributed by atoms with van der Waals surface area (Å²) in [5.74, 6) is 0.842. The molecule has 0 bridgehead atoms. The fourth-order valence-electron chi connectivity index (χ4n) is 2.50. The third-order valence-electron chi connectivity index (χ3n) is 3.85. The van der Waals surface area contributed by atoms with Crippen molar-refractivity contribution >= 4 is 55.6 Å². The van der Waals surface area contributed by atoms with Crippen molar-refractivity contribution in [1.82, 2.24) is 19.9 Å². The summed E-state index contributed by atoms with van der Waals surface area (Å²) in [6, 6.07) is 5.28. The van der Waals surface area contributed by atoms with Crippen LogP contribution < -0.4 is 16.0 Å². The lowest BCUT2D eigenvalue weighted by atomic mass is 10.3. The van der Waals surface area contributed by atoms with Crippen molar-refractivity contribution in [3.05, 3.63) is 52.9 Å².